The average molecular weight is 611 g/mol. The third-order valence-corrected chi connectivity index (χ3v) is 8.90. The Kier molecular flexibility index (Phi) is 7.75. The van der Waals surface area contributed by atoms with E-state index in [1.165, 1.54) is 0 Å². The normalized spacial score (nSPS) is 14.5. The number of hydrogen-bond donors (Lipinski definition) is 3. The van der Waals surface area contributed by atoms with Gasteiger partial charge >= 0.3 is 0 Å². The van der Waals surface area contributed by atoms with Crippen molar-refractivity contribution in [2.45, 2.75) is 25.8 Å². The van der Waals surface area contributed by atoms with Gasteiger partial charge in [0.2, 0.25) is 5.95 Å². The maximum absolute atomic E-state index is 13.3. The zero-order valence-electron chi connectivity index (χ0n) is 22.4. The van der Waals surface area contributed by atoms with Gasteiger partial charge in [-0.25, -0.2) is 4.98 Å². The van der Waals surface area contributed by atoms with Crippen LogP contribution in [0.4, 0.5) is 28.8 Å². The summed E-state index contributed by atoms with van der Waals surface area (Å²) in [6.07, 6.45) is 6.84. The molecule has 5 rings (SSSR count). The van der Waals surface area contributed by atoms with Crippen LogP contribution in [0.3, 0.4) is 0 Å². The van der Waals surface area contributed by atoms with Gasteiger partial charge in [0.25, 0.3) is 0 Å². The van der Waals surface area contributed by atoms with E-state index in [-0.39, 0.29) is 6.04 Å². The highest BCUT2D eigenvalue weighted by Gasteiger charge is 2.23. The number of benzene rings is 2. The van der Waals surface area contributed by atoms with Crippen LogP contribution >= 0.6 is 23.1 Å². The molecule has 1 aliphatic rings. The zero-order valence-corrected chi connectivity index (χ0v) is 24.9. The van der Waals surface area contributed by atoms with Crippen LogP contribution < -0.4 is 31.3 Å². The lowest BCUT2D eigenvalue weighted by Crippen LogP contribution is -2.40. The molecule has 12 heteroatoms. The molecule has 204 valence electrons. The minimum absolute atomic E-state index is 0.266. The molecule has 0 unspecified atom stereocenters. The maximum atomic E-state index is 13.3. The Bertz CT molecular complexity index is 1570. The summed E-state index contributed by atoms with van der Waals surface area (Å²) in [4.78, 5) is 20.3. The van der Waals surface area contributed by atoms with E-state index in [0.717, 1.165) is 42.9 Å². The summed E-state index contributed by atoms with van der Waals surface area (Å²) < 4.78 is 19.7. The summed E-state index contributed by atoms with van der Waals surface area (Å²) in [6, 6.07) is 8.07. The van der Waals surface area contributed by atoms with E-state index in [4.69, 9.17) is 15.5 Å². The highest BCUT2D eigenvalue weighted by molar-refractivity contribution is 9.10. The van der Waals surface area contributed by atoms with Crippen LogP contribution in [-0.4, -0.2) is 59.5 Å². The lowest BCUT2D eigenvalue weighted by Gasteiger charge is -2.33. The Morgan fingerprint density at radius 3 is 2.54 bits per heavy atom. The minimum Gasteiger partial charge on any atom is -0.494 e. The second-order valence-corrected chi connectivity index (χ2v) is 14.0. The van der Waals surface area contributed by atoms with Gasteiger partial charge in [-0.3, -0.25) is 9.97 Å². The number of rotatable bonds is 7. The van der Waals surface area contributed by atoms with E-state index in [2.05, 4.69) is 59.4 Å². The van der Waals surface area contributed by atoms with E-state index in [9.17, 15) is 4.57 Å². The number of methoxy groups -OCH3 is 1. The van der Waals surface area contributed by atoms with Crippen LogP contribution in [0.5, 0.6) is 5.75 Å². The van der Waals surface area contributed by atoms with Crippen molar-refractivity contribution >= 4 is 68.2 Å². The Morgan fingerprint density at radius 2 is 1.82 bits per heavy atom. The van der Waals surface area contributed by atoms with Crippen molar-refractivity contribution < 1.29 is 9.30 Å². The van der Waals surface area contributed by atoms with Crippen molar-refractivity contribution in [2.24, 2.45) is 5.73 Å². The Hall–Kier alpha value is -3.27. The summed E-state index contributed by atoms with van der Waals surface area (Å²) >= 11 is 3.54. The molecular weight excluding hydrogens is 579 g/mol. The second-order valence-electron chi connectivity index (χ2n) is 10.0. The van der Waals surface area contributed by atoms with E-state index in [1.807, 2.05) is 18.2 Å². The summed E-state index contributed by atoms with van der Waals surface area (Å²) in [5, 5.41) is 7.27. The van der Waals surface area contributed by atoms with Crippen LogP contribution in [0.1, 0.15) is 18.4 Å². The highest BCUT2D eigenvalue weighted by atomic mass is 79.9. The Labute approximate surface area is 236 Å². The van der Waals surface area contributed by atoms with Gasteiger partial charge in [0, 0.05) is 49.5 Å². The molecule has 0 atom stereocenters. The van der Waals surface area contributed by atoms with Crippen LogP contribution in [0, 0.1) is 6.92 Å². The third kappa shape index (κ3) is 5.85. The van der Waals surface area contributed by atoms with Crippen molar-refractivity contribution in [2.75, 3.05) is 49.1 Å². The fourth-order valence-corrected chi connectivity index (χ4v) is 6.54. The summed E-state index contributed by atoms with van der Waals surface area (Å²) in [5.41, 5.74) is 11.1. The van der Waals surface area contributed by atoms with E-state index >= 15 is 0 Å². The van der Waals surface area contributed by atoms with E-state index < -0.39 is 7.14 Å². The fraction of sp³-hybridized carbons (Fsp3) is 0.333. The molecular formula is C27H32BrN8O2P. The van der Waals surface area contributed by atoms with Crippen molar-refractivity contribution in [3.05, 3.63) is 52.9 Å². The van der Waals surface area contributed by atoms with Crippen molar-refractivity contribution in [3.63, 3.8) is 0 Å². The molecule has 10 nitrogen and oxygen atoms in total. The number of hydrogen-bond acceptors (Lipinski definition) is 10. The number of aromatic nitrogens is 4. The van der Waals surface area contributed by atoms with Crippen LogP contribution in [-0.2, 0) is 4.57 Å². The first-order valence-electron chi connectivity index (χ1n) is 12.7. The molecule has 2 aromatic carbocycles. The Balaban J connectivity index is 1.46. The number of piperidine rings is 1. The number of nitrogens with zero attached hydrogens (tertiary/aromatic N) is 5. The van der Waals surface area contributed by atoms with Gasteiger partial charge < -0.3 is 30.6 Å². The fourth-order valence-electron chi connectivity index (χ4n) is 4.86. The topological polar surface area (TPSA) is 131 Å². The number of nitrogens with two attached hydrogens (primary N) is 1. The minimum atomic E-state index is -2.72. The largest absolute Gasteiger partial charge is 0.494 e. The van der Waals surface area contributed by atoms with Gasteiger partial charge in [-0.05, 0) is 72.8 Å². The molecule has 1 saturated heterocycles. The zero-order chi connectivity index (χ0) is 27.7. The van der Waals surface area contributed by atoms with Gasteiger partial charge in [-0.1, -0.05) is 0 Å². The van der Waals surface area contributed by atoms with Gasteiger partial charge in [-0.15, -0.1) is 0 Å². The molecule has 4 aromatic rings. The molecule has 0 saturated carbocycles. The van der Waals surface area contributed by atoms with Crippen LogP contribution in [0.15, 0.2) is 47.3 Å². The molecule has 2 aromatic heterocycles. The van der Waals surface area contributed by atoms with Gasteiger partial charge in [0.05, 0.1) is 33.8 Å². The average Bonchev–Trinajstić information content (AvgIpc) is 2.90. The molecule has 0 spiro atoms. The van der Waals surface area contributed by atoms with Gasteiger partial charge in [0.1, 0.15) is 24.2 Å². The molecule has 0 radical (unpaired) electrons. The lowest BCUT2D eigenvalue weighted by atomic mass is 10.0. The summed E-state index contributed by atoms with van der Waals surface area (Å²) in [7, 11) is -1.07. The van der Waals surface area contributed by atoms with Crippen LogP contribution in [0.25, 0.3) is 11.0 Å². The lowest BCUT2D eigenvalue weighted by molar-refractivity contribution is 0.416. The predicted molar refractivity (Wildman–Crippen MR) is 162 cm³/mol. The second kappa shape index (κ2) is 11.1. The first-order valence-corrected chi connectivity index (χ1v) is 16.1. The number of halogens is 1. The number of fused-ring (bicyclic) bond motifs is 1. The molecule has 0 aliphatic carbocycles. The van der Waals surface area contributed by atoms with E-state index in [1.54, 1.807) is 39.0 Å². The number of ether oxygens (including phenoxy) is 1. The number of aryl methyl sites for hydroxylation is 1. The van der Waals surface area contributed by atoms with E-state index in [0.29, 0.717) is 44.0 Å². The van der Waals surface area contributed by atoms with Gasteiger partial charge in [-0.2, -0.15) is 4.98 Å². The summed E-state index contributed by atoms with van der Waals surface area (Å²) in [6.45, 7) is 7.38. The predicted octanol–water partition coefficient (Wildman–Crippen LogP) is 5.16. The SMILES string of the molecule is COc1cc(N2CCC(N)CC2)c(C)cc1Nc1ncc(Br)c(Nc2ccc3nccnc3c2P(C)(C)=O)n1. The standard InChI is InChI=1S/C27H32BrN8O2P/c1-16-13-21(23(38-2)14-22(16)36-11-7-17(29)8-12-36)34-27-32-15-18(28)26(35-27)33-20-6-5-19-24(31-10-9-30-19)25(20)39(3,4)37/h5-6,9-10,13-15,17H,7-8,11-12,29H2,1-4H3,(H2,32,33,34,35). The Morgan fingerprint density at radius 1 is 1.08 bits per heavy atom. The van der Waals surface area contributed by atoms with Crippen molar-refractivity contribution in [1.82, 2.24) is 19.9 Å². The number of anilines is 5. The molecule has 1 aliphatic heterocycles. The van der Waals surface area contributed by atoms with Crippen molar-refractivity contribution in [1.29, 1.82) is 0 Å². The quantitative estimate of drug-likeness (QED) is 0.241. The molecule has 4 N–H and O–H groups in total. The monoisotopic (exact) mass is 610 g/mol. The molecule has 1 fully saturated rings. The molecule has 0 bridgehead atoms. The molecule has 39 heavy (non-hydrogen) atoms. The third-order valence-electron chi connectivity index (χ3n) is 6.79. The molecule has 3 heterocycles. The first kappa shape index (κ1) is 27.3. The first-order chi connectivity index (χ1) is 18.6. The van der Waals surface area contributed by atoms with Gasteiger partial charge in [0.15, 0.2) is 0 Å². The van der Waals surface area contributed by atoms with Crippen LogP contribution in [0.2, 0.25) is 0 Å². The molecule has 0 amide bonds. The highest BCUT2D eigenvalue weighted by Crippen LogP contribution is 2.41. The summed E-state index contributed by atoms with van der Waals surface area (Å²) in [5.74, 6) is 1.59. The maximum Gasteiger partial charge on any atom is 0.229 e. The van der Waals surface area contributed by atoms with Crippen molar-refractivity contribution in [3.8, 4) is 5.75 Å². The number of nitrogens with one attached hydrogen (secondary N) is 2. The smallest absolute Gasteiger partial charge is 0.229 e.